The molecule has 7 N–H and O–H groups in total. The molecule has 6 heteroatoms. The van der Waals surface area contributed by atoms with Crippen LogP contribution >= 0.6 is 0 Å². The molecular formula is C17H37N5O. The number of allylic oxidation sites excluding steroid dienone is 1. The van der Waals surface area contributed by atoms with E-state index in [1.807, 2.05) is 0 Å². The van der Waals surface area contributed by atoms with Crippen LogP contribution in [0.5, 0.6) is 0 Å². The molecule has 1 amide bonds. The zero-order valence-corrected chi connectivity index (χ0v) is 15.2. The van der Waals surface area contributed by atoms with Gasteiger partial charge in [-0.15, -0.1) is 0 Å². The van der Waals surface area contributed by atoms with E-state index in [2.05, 4.69) is 42.8 Å². The summed E-state index contributed by atoms with van der Waals surface area (Å²) in [6.45, 7) is 10.1. The minimum atomic E-state index is -0.272. The standard InChI is InChI=1S/C17H37N5O/c1-4-6-16(21-9-5-7-14(2)3)15(19)13-17(23)22-12-11-20-10-8-18/h6,14-15,20-21H,4-5,7-13,18-19H2,1-3H3,(H,22,23)/b16-6-. The van der Waals surface area contributed by atoms with Crippen molar-refractivity contribution >= 4 is 5.91 Å². The van der Waals surface area contributed by atoms with Gasteiger partial charge < -0.3 is 27.4 Å². The minimum Gasteiger partial charge on any atom is -0.387 e. The summed E-state index contributed by atoms with van der Waals surface area (Å²) in [5.74, 6) is 0.695. The van der Waals surface area contributed by atoms with Crippen molar-refractivity contribution in [1.29, 1.82) is 0 Å². The monoisotopic (exact) mass is 327 g/mol. The van der Waals surface area contributed by atoms with E-state index < -0.39 is 0 Å². The van der Waals surface area contributed by atoms with E-state index in [1.54, 1.807) is 0 Å². The van der Waals surface area contributed by atoms with Gasteiger partial charge in [-0.2, -0.15) is 0 Å². The van der Waals surface area contributed by atoms with E-state index in [1.165, 1.54) is 6.42 Å². The summed E-state index contributed by atoms with van der Waals surface area (Å²) < 4.78 is 0. The van der Waals surface area contributed by atoms with E-state index in [4.69, 9.17) is 11.5 Å². The number of carbonyl (C=O) groups excluding carboxylic acids is 1. The Morgan fingerprint density at radius 3 is 2.48 bits per heavy atom. The lowest BCUT2D eigenvalue weighted by Gasteiger charge is -2.18. The number of carbonyl (C=O) groups is 1. The van der Waals surface area contributed by atoms with Gasteiger partial charge in [0.1, 0.15) is 0 Å². The molecule has 0 aromatic heterocycles. The number of rotatable bonds is 14. The quantitative estimate of drug-likeness (QED) is 0.302. The lowest BCUT2D eigenvalue weighted by molar-refractivity contribution is -0.121. The Bertz CT molecular complexity index is 331. The van der Waals surface area contributed by atoms with Crippen molar-refractivity contribution in [2.45, 2.75) is 52.5 Å². The normalized spacial score (nSPS) is 13.2. The van der Waals surface area contributed by atoms with Gasteiger partial charge >= 0.3 is 0 Å². The zero-order chi connectivity index (χ0) is 17.5. The van der Waals surface area contributed by atoms with E-state index in [0.29, 0.717) is 25.4 Å². The van der Waals surface area contributed by atoms with Gasteiger partial charge in [0.2, 0.25) is 5.91 Å². The molecular weight excluding hydrogens is 290 g/mol. The van der Waals surface area contributed by atoms with Gasteiger partial charge in [0.05, 0.1) is 6.04 Å². The number of nitrogens with one attached hydrogen (secondary N) is 3. The molecule has 0 aliphatic carbocycles. The van der Waals surface area contributed by atoms with Crippen molar-refractivity contribution in [3.8, 4) is 0 Å². The second kappa shape index (κ2) is 14.5. The third-order valence-corrected chi connectivity index (χ3v) is 3.46. The van der Waals surface area contributed by atoms with Crippen molar-refractivity contribution in [3.63, 3.8) is 0 Å². The second-order valence-corrected chi connectivity index (χ2v) is 6.23. The fraction of sp³-hybridized carbons (Fsp3) is 0.824. The van der Waals surface area contributed by atoms with Crippen LogP contribution in [0.25, 0.3) is 0 Å². The molecule has 0 rings (SSSR count). The SMILES string of the molecule is CC/C=C(\NCCCC(C)C)C(N)CC(=O)NCCNCCN. The molecule has 6 nitrogen and oxygen atoms in total. The molecule has 0 saturated carbocycles. The number of amides is 1. The Kier molecular flexibility index (Phi) is 13.8. The molecule has 0 aliphatic heterocycles. The van der Waals surface area contributed by atoms with Crippen LogP contribution in [0.1, 0.15) is 46.5 Å². The lowest BCUT2D eigenvalue weighted by Crippen LogP contribution is -2.39. The highest BCUT2D eigenvalue weighted by Gasteiger charge is 2.13. The average Bonchev–Trinajstić information content (AvgIpc) is 2.49. The van der Waals surface area contributed by atoms with Gasteiger partial charge in [-0.05, 0) is 25.2 Å². The highest BCUT2D eigenvalue weighted by atomic mass is 16.1. The summed E-state index contributed by atoms with van der Waals surface area (Å²) >= 11 is 0. The number of hydrogen-bond donors (Lipinski definition) is 5. The summed E-state index contributed by atoms with van der Waals surface area (Å²) in [5.41, 5.74) is 12.5. The Balaban J connectivity index is 4.06. The lowest BCUT2D eigenvalue weighted by atomic mass is 10.1. The van der Waals surface area contributed by atoms with Gasteiger partial charge in [-0.3, -0.25) is 4.79 Å². The predicted molar refractivity (Wildman–Crippen MR) is 98.0 cm³/mol. The maximum absolute atomic E-state index is 11.9. The molecule has 0 aliphatic rings. The molecule has 0 radical (unpaired) electrons. The molecule has 1 unspecified atom stereocenters. The van der Waals surface area contributed by atoms with Crippen LogP contribution in [0.3, 0.4) is 0 Å². The molecule has 0 heterocycles. The summed E-state index contributed by atoms with van der Waals surface area (Å²) in [5, 5.41) is 9.40. The van der Waals surface area contributed by atoms with Crippen LogP contribution in [-0.2, 0) is 4.79 Å². The first-order valence-corrected chi connectivity index (χ1v) is 8.88. The van der Waals surface area contributed by atoms with Gasteiger partial charge in [0.25, 0.3) is 0 Å². The first-order valence-electron chi connectivity index (χ1n) is 8.88. The summed E-state index contributed by atoms with van der Waals surface area (Å²) in [6.07, 6.45) is 5.60. The Hall–Kier alpha value is -1.11. The van der Waals surface area contributed by atoms with Crippen molar-refractivity contribution in [1.82, 2.24) is 16.0 Å². The van der Waals surface area contributed by atoms with Gasteiger partial charge in [-0.25, -0.2) is 0 Å². The van der Waals surface area contributed by atoms with E-state index in [-0.39, 0.29) is 11.9 Å². The van der Waals surface area contributed by atoms with Gasteiger partial charge in [0.15, 0.2) is 0 Å². The predicted octanol–water partition coefficient (Wildman–Crippen LogP) is 0.688. The summed E-state index contributed by atoms with van der Waals surface area (Å²) in [6, 6.07) is -0.272. The minimum absolute atomic E-state index is 0.0157. The fourth-order valence-corrected chi connectivity index (χ4v) is 2.22. The third kappa shape index (κ3) is 13.1. The van der Waals surface area contributed by atoms with Crippen molar-refractivity contribution in [2.75, 3.05) is 32.7 Å². The van der Waals surface area contributed by atoms with E-state index in [9.17, 15) is 4.79 Å². The van der Waals surface area contributed by atoms with Crippen molar-refractivity contribution < 1.29 is 4.79 Å². The first kappa shape index (κ1) is 21.9. The highest BCUT2D eigenvalue weighted by Crippen LogP contribution is 2.06. The molecule has 0 aromatic carbocycles. The Morgan fingerprint density at radius 1 is 1.13 bits per heavy atom. The Labute approximate surface area is 141 Å². The molecule has 0 aromatic rings. The molecule has 23 heavy (non-hydrogen) atoms. The van der Waals surface area contributed by atoms with Crippen LogP contribution in [0, 0.1) is 5.92 Å². The maximum atomic E-state index is 11.9. The average molecular weight is 328 g/mol. The van der Waals surface area contributed by atoms with E-state index in [0.717, 1.165) is 38.2 Å². The van der Waals surface area contributed by atoms with Gasteiger partial charge in [0, 0.05) is 44.8 Å². The van der Waals surface area contributed by atoms with E-state index >= 15 is 0 Å². The number of nitrogens with two attached hydrogens (primary N) is 2. The highest BCUT2D eigenvalue weighted by molar-refractivity contribution is 5.77. The number of hydrogen-bond acceptors (Lipinski definition) is 5. The topological polar surface area (TPSA) is 105 Å². The molecule has 0 bridgehead atoms. The zero-order valence-electron chi connectivity index (χ0n) is 15.2. The Morgan fingerprint density at radius 2 is 1.87 bits per heavy atom. The molecule has 0 spiro atoms. The van der Waals surface area contributed by atoms with Gasteiger partial charge in [-0.1, -0.05) is 26.8 Å². The fourth-order valence-electron chi connectivity index (χ4n) is 2.22. The molecule has 136 valence electrons. The largest absolute Gasteiger partial charge is 0.387 e. The van der Waals surface area contributed by atoms with Crippen LogP contribution in [0.4, 0.5) is 0 Å². The summed E-state index contributed by atoms with van der Waals surface area (Å²) in [7, 11) is 0. The second-order valence-electron chi connectivity index (χ2n) is 6.23. The van der Waals surface area contributed by atoms with Crippen LogP contribution < -0.4 is 27.4 Å². The first-order chi connectivity index (χ1) is 11.0. The molecule has 1 atom stereocenters. The summed E-state index contributed by atoms with van der Waals surface area (Å²) in [4.78, 5) is 11.9. The van der Waals surface area contributed by atoms with Crippen molar-refractivity contribution in [3.05, 3.63) is 11.8 Å². The molecule has 0 fully saturated rings. The maximum Gasteiger partial charge on any atom is 0.222 e. The van der Waals surface area contributed by atoms with Crippen LogP contribution in [-0.4, -0.2) is 44.7 Å². The third-order valence-electron chi connectivity index (χ3n) is 3.46. The van der Waals surface area contributed by atoms with Crippen molar-refractivity contribution in [2.24, 2.45) is 17.4 Å². The molecule has 0 saturated heterocycles. The van der Waals surface area contributed by atoms with Crippen LogP contribution in [0.15, 0.2) is 11.8 Å². The smallest absolute Gasteiger partial charge is 0.222 e. The van der Waals surface area contributed by atoms with Crippen LogP contribution in [0.2, 0.25) is 0 Å².